The molecule has 1 amide bonds. The average molecular weight is 376 g/mol. The Labute approximate surface area is 145 Å². The number of nitrogens with one attached hydrogen (secondary N) is 1. The Hall–Kier alpha value is -1.71. The molecule has 1 atom stereocenters. The summed E-state index contributed by atoms with van der Waals surface area (Å²) in [7, 11) is -4.18. The minimum atomic E-state index is -4.18. The smallest absolute Gasteiger partial charge is 0.290 e. The molecule has 0 radical (unpaired) electrons. The SMILES string of the molecule is CCCNC(=O)C1CCCN1S(=O)(=O)c1ccc(Cl)cc1[N+](=O)[O-]. The summed E-state index contributed by atoms with van der Waals surface area (Å²) in [5.41, 5.74) is -0.595. The highest BCUT2D eigenvalue weighted by Gasteiger charge is 2.41. The van der Waals surface area contributed by atoms with Crippen LogP contribution in [0.5, 0.6) is 0 Å². The predicted octanol–water partition coefficient (Wildman–Crippen LogP) is 1.93. The van der Waals surface area contributed by atoms with Crippen molar-refractivity contribution in [2.45, 2.75) is 37.1 Å². The third kappa shape index (κ3) is 3.68. The van der Waals surface area contributed by atoms with Crippen molar-refractivity contribution in [1.29, 1.82) is 0 Å². The lowest BCUT2D eigenvalue weighted by molar-refractivity contribution is -0.387. The van der Waals surface area contributed by atoms with Gasteiger partial charge in [-0.2, -0.15) is 4.31 Å². The zero-order valence-electron chi connectivity index (χ0n) is 13.1. The number of nitro benzene ring substituents is 1. The van der Waals surface area contributed by atoms with Crippen LogP contribution in [0.15, 0.2) is 23.1 Å². The topological polar surface area (TPSA) is 110 Å². The summed E-state index contributed by atoms with van der Waals surface area (Å²) >= 11 is 5.73. The highest BCUT2D eigenvalue weighted by Crippen LogP contribution is 2.33. The number of hydrogen-bond donors (Lipinski definition) is 1. The molecule has 24 heavy (non-hydrogen) atoms. The second-order valence-electron chi connectivity index (χ2n) is 5.43. The maximum atomic E-state index is 12.9. The van der Waals surface area contributed by atoms with Crippen molar-refractivity contribution in [3.05, 3.63) is 33.3 Å². The minimum absolute atomic E-state index is 0.0688. The molecule has 0 aromatic heterocycles. The largest absolute Gasteiger partial charge is 0.355 e. The third-order valence-electron chi connectivity index (χ3n) is 3.76. The van der Waals surface area contributed by atoms with E-state index in [1.165, 1.54) is 6.07 Å². The Balaban J connectivity index is 2.39. The van der Waals surface area contributed by atoms with Gasteiger partial charge in [0, 0.05) is 24.2 Å². The van der Waals surface area contributed by atoms with E-state index in [4.69, 9.17) is 11.6 Å². The summed E-state index contributed by atoms with van der Waals surface area (Å²) in [6, 6.07) is 2.53. The molecule has 0 bridgehead atoms. The molecular weight excluding hydrogens is 358 g/mol. The molecule has 1 aromatic carbocycles. The van der Waals surface area contributed by atoms with Gasteiger partial charge in [0.05, 0.1) is 4.92 Å². The molecule has 8 nitrogen and oxygen atoms in total. The molecule has 1 unspecified atom stereocenters. The number of rotatable bonds is 6. The fourth-order valence-corrected chi connectivity index (χ4v) is 4.60. The maximum absolute atomic E-state index is 12.9. The Kier molecular flexibility index (Phi) is 5.79. The molecule has 1 N–H and O–H groups in total. The third-order valence-corrected chi connectivity index (χ3v) is 5.95. The van der Waals surface area contributed by atoms with Crippen molar-refractivity contribution >= 4 is 33.2 Å². The number of benzene rings is 1. The normalized spacial score (nSPS) is 18.5. The zero-order valence-corrected chi connectivity index (χ0v) is 14.6. The summed E-state index contributed by atoms with van der Waals surface area (Å²) in [6.45, 7) is 2.48. The van der Waals surface area contributed by atoms with E-state index < -0.39 is 31.6 Å². The van der Waals surface area contributed by atoms with Crippen LogP contribution >= 0.6 is 11.6 Å². The number of nitro groups is 1. The fraction of sp³-hybridized carbons (Fsp3) is 0.500. The minimum Gasteiger partial charge on any atom is -0.355 e. The number of sulfonamides is 1. The van der Waals surface area contributed by atoms with Gasteiger partial charge in [-0.05, 0) is 31.4 Å². The lowest BCUT2D eigenvalue weighted by atomic mass is 10.2. The zero-order chi connectivity index (χ0) is 17.9. The van der Waals surface area contributed by atoms with E-state index in [1.807, 2.05) is 6.92 Å². The molecule has 132 valence electrons. The van der Waals surface area contributed by atoms with Crippen LogP contribution in [0.2, 0.25) is 5.02 Å². The van der Waals surface area contributed by atoms with Gasteiger partial charge in [0.15, 0.2) is 4.90 Å². The molecular formula is C14H18ClN3O5S. The second kappa shape index (κ2) is 7.45. The van der Waals surface area contributed by atoms with Crippen molar-refractivity contribution in [3.8, 4) is 0 Å². The predicted molar refractivity (Wildman–Crippen MR) is 88.3 cm³/mol. The van der Waals surface area contributed by atoms with E-state index in [0.717, 1.165) is 22.9 Å². The van der Waals surface area contributed by atoms with Crippen LogP contribution in [-0.4, -0.2) is 42.7 Å². The lowest BCUT2D eigenvalue weighted by Gasteiger charge is -2.23. The number of amides is 1. The van der Waals surface area contributed by atoms with Crippen molar-refractivity contribution < 1.29 is 18.1 Å². The monoisotopic (exact) mass is 375 g/mol. The summed E-state index contributed by atoms with van der Waals surface area (Å²) in [6.07, 6.45) is 1.63. The van der Waals surface area contributed by atoms with Gasteiger partial charge >= 0.3 is 0 Å². The van der Waals surface area contributed by atoms with E-state index >= 15 is 0 Å². The number of nitrogens with zero attached hydrogens (tertiary/aromatic N) is 2. The van der Waals surface area contributed by atoms with E-state index in [2.05, 4.69) is 5.32 Å². The highest BCUT2D eigenvalue weighted by molar-refractivity contribution is 7.89. The molecule has 2 rings (SSSR count). The van der Waals surface area contributed by atoms with E-state index in [0.29, 0.717) is 19.4 Å². The van der Waals surface area contributed by atoms with Gasteiger partial charge in [0.25, 0.3) is 15.7 Å². The molecule has 1 saturated heterocycles. The Morgan fingerprint density at radius 2 is 2.21 bits per heavy atom. The first-order chi connectivity index (χ1) is 11.3. The summed E-state index contributed by atoms with van der Waals surface area (Å²) < 4.78 is 26.8. The van der Waals surface area contributed by atoms with Crippen LogP contribution in [0.3, 0.4) is 0 Å². The Bertz CT molecular complexity index is 753. The molecule has 0 spiro atoms. The van der Waals surface area contributed by atoms with Gasteiger partial charge in [-0.15, -0.1) is 0 Å². The van der Waals surface area contributed by atoms with Crippen LogP contribution in [0.25, 0.3) is 0 Å². The molecule has 0 aliphatic carbocycles. The van der Waals surface area contributed by atoms with Crippen LogP contribution < -0.4 is 5.32 Å². The van der Waals surface area contributed by atoms with Crippen LogP contribution in [0, 0.1) is 10.1 Å². The Morgan fingerprint density at radius 3 is 2.83 bits per heavy atom. The van der Waals surface area contributed by atoms with Crippen molar-refractivity contribution in [3.63, 3.8) is 0 Å². The summed E-state index contributed by atoms with van der Waals surface area (Å²) in [5, 5.41) is 13.9. The summed E-state index contributed by atoms with van der Waals surface area (Å²) in [4.78, 5) is 22.1. The van der Waals surface area contributed by atoms with Gasteiger partial charge < -0.3 is 5.32 Å². The fourth-order valence-electron chi connectivity index (χ4n) is 2.63. The lowest BCUT2D eigenvalue weighted by Crippen LogP contribution is -2.46. The number of carbonyl (C=O) groups is 1. The van der Waals surface area contributed by atoms with Crippen LogP contribution in [0.1, 0.15) is 26.2 Å². The first kappa shape index (κ1) is 18.6. The van der Waals surface area contributed by atoms with E-state index in [9.17, 15) is 23.3 Å². The van der Waals surface area contributed by atoms with Gasteiger partial charge in [-0.3, -0.25) is 14.9 Å². The van der Waals surface area contributed by atoms with Crippen LogP contribution in [-0.2, 0) is 14.8 Å². The maximum Gasteiger partial charge on any atom is 0.290 e. The first-order valence-corrected chi connectivity index (χ1v) is 9.34. The number of halogens is 1. The standard InChI is InChI=1S/C14H18ClN3O5S/c1-2-7-16-14(19)11-4-3-8-17(11)24(22,23)13-6-5-10(15)9-12(13)18(20)21/h5-6,9,11H,2-4,7-8H2,1H3,(H,16,19). The average Bonchev–Trinajstić information content (AvgIpc) is 3.02. The molecule has 1 aromatic rings. The molecule has 1 aliphatic heterocycles. The highest BCUT2D eigenvalue weighted by atomic mass is 35.5. The molecule has 10 heteroatoms. The van der Waals surface area contributed by atoms with Crippen molar-refractivity contribution in [1.82, 2.24) is 9.62 Å². The molecule has 1 aliphatic rings. The van der Waals surface area contributed by atoms with Crippen molar-refractivity contribution in [2.24, 2.45) is 0 Å². The molecule has 1 fully saturated rings. The van der Waals surface area contributed by atoms with Gasteiger partial charge in [-0.25, -0.2) is 8.42 Å². The van der Waals surface area contributed by atoms with Gasteiger partial charge in [0.2, 0.25) is 5.91 Å². The Morgan fingerprint density at radius 1 is 1.50 bits per heavy atom. The summed E-state index contributed by atoms with van der Waals surface area (Å²) in [5.74, 6) is -0.380. The molecule has 0 saturated carbocycles. The quantitative estimate of drug-likeness (QED) is 0.603. The van der Waals surface area contributed by atoms with Gasteiger partial charge in [-0.1, -0.05) is 18.5 Å². The van der Waals surface area contributed by atoms with E-state index in [-0.39, 0.29) is 17.5 Å². The second-order valence-corrected chi connectivity index (χ2v) is 7.73. The van der Waals surface area contributed by atoms with Crippen molar-refractivity contribution in [2.75, 3.05) is 13.1 Å². The van der Waals surface area contributed by atoms with Crippen LogP contribution in [0.4, 0.5) is 5.69 Å². The molecule has 1 heterocycles. The van der Waals surface area contributed by atoms with E-state index in [1.54, 1.807) is 0 Å². The number of carbonyl (C=O) groups excluding carboxylic acids is 1. The number of hydrogen-bond acceptors (Lipinski definition) is 5. The van der Waals surface area contributed by atoms with Gasteiger partial charge in [0.1, 0.15) is 6.04 Å². The first-order valence-electron chi connectivity index (χ1n) is 7.52.